The molecule has 0 radical (unpaired) electrons. The van der Waals surface area contributed by atoms with Gasteiger partial charge in [0.1, 0.15) is 41.4 Å². The monoisotopic (exact) mass is 815 g/mol. The third-order valence-corrected chi connectivity index (χ3v) is 14.0. The predicted molar refractivity (Wildman–Crippen MR) is 218 cm³/mol. The van der Waals surface area contributed by atoms with E-state index in [9.17, 15) is 15.0 Å². The van der Waals surface area contributed by atoms with E-state index in [-0.39, 0.29) is 24.5 Å². The standard InChI is InChI=1S/C44H70BNO12/c1-14-32-44(11)39(57-45(58-44)30-19-17-16-18-20-30)26(5)35-24(3)22-43(10,56-35)38(55-41-34(47)31(46(12)15-2)21-25(4)51-41)27(6)36(28(7)40(49)53-32)54-33-23-42(9,50-13)37(48)29(8)52-33/h16-20,25-29,31-34,36-39,41,47-48H,14-15,21-23H2,1-13H3/t25-,26+,27+,28-,29+,31+,32-,33+,34-,36+,37+,38-,39-,41+,42-,43-,44-/m1/s1. The van der Waals surface area contributed by atoms with Crippen LogP contribution in [0.1, 0.15) is 102 Å². The lowest BCUT2D eigenvalue weighted by Crippen LogP contribution is -2.60. The molecule has 0 aromatic heterocycles. The van der Waals surface area contributed by atoms with Crippen molar-refractivity contribution < 1.29 is 57.5 Å². The number of hydrogen-bond donors (Lipinski definition) is 2. The molecule has 5 aliphatic rings. The minimum Gasteiger partial charge on any atom is -0.489 e. The maximum Gasteiger partial charge on any atom is 0.494 e. The van der Waals surface area contributed by atoms with Crippen LogP contribution >= 0.6 is 0 Å². The molecule has 0 unspecified atom stereocenters. The molecule has 0 spiro atoms. The number of benzene rings is 1. The first kappa shape index (κ1) is 45.4. The van der Waals surface area contributed by atoms with Gasteiger partial charge in [0.15, 0.2) is 12.6 Å². The van der Waals surface area contributed by atoms with E-state index in [1.165, 1.54) is 0 Å². The predicted octanol–water partition coefficient (Wildman–Crippen LogP) is 4.74. The third-order valence-electron chi connectivity index (χ3n) is 14.0. The number of carbonyl (C=O) groups is 1. The third kappa shape index (κ3) is 8.54. The van der Waals surface area contributed by atoms with Gasteiger partial charge >= 0.3 is 13.1 Å². The van der Waals surface area contributed by atoms with Crippen molar-refractivity contribution in [3.63, 3.8) is 0 Å². The number of nitrogens with zero attached hydrogens (tertiary/aromatic N) is 1. The van der Waals surface area contributed by atoms with Crippen LogP contribution < -0.4 is 5.46 Å². The zero-order chi connectivity index (χ0) is 42.5. The highest BCUT2D eigenvalue weighted by atomic mass is 16.7. The van der Waals surface area contributed by atoms with Gasteiger partial charge in [-0.25, -0.2) is 0 Å². The molecule has 14 heteroatoms. The van der Waals surface area contributed by atoms with E-state index in [4.69, 9.17) is 42.5 Å². The lowest BCUT2D eigenvalue weighted by Gasteiger charge is -2.48. The molecule has 1 aromatic rings. The molecule has 4 fully saturated rings. The number of ether oxygens (including phenoxy) is 7. The summed E-state index contributed by atoms with van der Waals surface area (Å²) in [7, 11) is 2.86. The number of aliphatic hydroxyl groups is 2. The van der Waals surface area contributed by atoms with Crippen molar-refractivity contribution in [3.05, 3.63) is 41.7 Å². The molecule has 13 nitrogen and oxygen atoms in total. The van der Waals surface area contributed by atoms with E-state index < -0.39 is 97.0 Å². The van der Waals surface area contributed by atoms with E-state index in [2.05, 4.69) is 25.7 Å². The van der Waals surface area contributed by atoms with Crippen molar-refractivity contribution in [1.82, 2.24) is 4.90 Å². The molecule has 6 rings (SSSR count). The second-order valence-electron chi connectivity index (χ2n) is 18.4. The Kier molecular flexibility index (Phi) is 13.9. The molecule has 326 valence electrons. The summed E-state index contributed by atoms with van der Waals surface area (Å²) in [6.45, 7) is 22.3. The lowest BCUT2D eigenvalue weighted by atomic mass is 9.78. The van der Waals surface area contributed by atoms with E-state index >= 15 is 0 Å². The fraction of sp³-hybridized carbons (Fsp3) is 0.795. The van der Waals surface area contributed by atoms with E-state index in [1.807, 2.05) is 78.9 Å². The van der Waals surface area contributed by atoms with Gasteiger partial charge in [-0.15, -0.1) is 0 Å². The Hall–Kier alpha value is -2.11. The number of aliphatic hydroxyl groups excluding tert-OH is 2. The molecule has 0 aliphatic carbocycles. The molecule has 0 saturated carbocycles. The smallest absolute Gasteiger partial charge is 0.489 e. The molecule has 0 amide bonds. The van der Waals surface area contributed by atoms with Crippen LogP contribution in [0.15, 0.2) is 41.7 Å². The molecule has 1 aromatic carbocycles. The first-order chi connectivity index (χ1) is 27.3. The van der Waals surface area contributed by atoms with E-state index in [0.29, 0.717) is 19.3 Å². The molecule has 2 bridgehead atoms. The van der Waals surface area contributed by atoms with Crippen LogP contribution in [0, 0.1) is 17.8 Å². The summed E-state index contributed by atoms with van der Waals surface area (Å²) in [5.41, 5.74) is -1.14. The fourth-order valence-corrected chi connectivity index (χ4v) is 10.4. The Balaban J connectivity index is 1.45. The first-order valence-corrected chi connectivity index (χ1v) is 21.5. The summed E-state index contributed by atoms with van der Waals surface area (Å²) in [6, 6.07) is 9.58. The van der Waals surface area contributed by atoms with Crippen molar-refractivity contribution in [3.8, 4) is 0 Å². The zero-order valence-electron chi connectivity index (χ0n) is 37.0. The summed E-state index contributed by atoms with van der Waals surface area (Å²) in [6.07, 6.45) is -5.62. The number of carbonyl (C=O) groups excluding carboxylic acids is 1. The minimum absolute atomic E-state index is 0.192. The van der Waals surface area contributed by atoms with Crippen LogP contribution in [0.25, 0.3) is 0 Å². The van der Waals surface area contributed by atoms with Crippen LogP contribution in [0.4, 0.5) is 0 Å². The minimum atomic E-state index is -1.07. The van der Waals surface area contributed by atoms with Crippen LogP contribution in [-0.2, 0) is 47.3 Å². The quantitative estimate of drug-likeness (QED) is 0.262. The average molecular weight is 816 g/mol. The number of hydrogen-bond acceptors (Lipinski definition) is 13. The number of fused-ring (bicyclic) bond motifs is 3. The Bertz CT molecular complexity index is 1600. The SMILES string of the molecule is CC[C@H]1OC(=O)[C@H](C)[C@@H](O[C@H]2C[C@@](C)(OC)[C@@H](O)[C@H](C)O2)[C@H](C)[C@@H](O[C@@H]2O[C@H](C)C[C@H](N(C)CC)[C@H]2O)[C@@]2(C)CC(C)=C(O2)[C@H](C)[C@H]2OB(c3ccccc3)O[C@@]21C. The maximum atomic E-state index is 14.7. The second kappa shape index (κ2) is 17.7. The number of rotatable bonds is 9. The van der Waals surface area contributed by atoms with Crippen LogP contribution in [0.3, 0.4) is 0 Å². The van der Waals surface area contributed by atoms with Gasteiger partial charge in [0, 0.05) is 37.8 Å². The van der Waals surface area contributed by atoms with Gasteiger partial charge in [0.05, 0.1) is 35.9 Å². The Morgan fingerprint density at radius 3 is 2.31 bits per heavy atom. The van der Waals surface area contributed by atoms with Gasteiger partial charge in [-0.05, 0) is 85.9 Å². The number of cyclic esters (lactones) is 1. The fourth-order valence-electron chi connectivity index (χ4n) is 10.4. The van der Waals surface area contributed by atoms with Crippen LogP contribution in [0.5, 0.6) is 0 Å². The Morgan fingerprint density at radius 2 is 1.67 bits per heavy atom. The van der Waals surface area contributed by atoms with Gasteiger partial charge in [0.25, 0.3) is 0 Å². The van der Waals surface area contributed by atoms with Crippen molar-refractivity contribution in [2.45, 2.75) is 186 Å². The van der Waals surface area contributed by atoms with Crippen molar-refractivity contribution in [1.29, 1.82) is 0 Å². The molecule has 58 heavy (non-hydrogen) atoms. The Morgan fingerprint density at radius 1 is 0.983 bits per heavy atom. The topological polar surface area (TPSA) is 144 Å². The number of esters is 1. The van der Waals surface area contributed by atoms with Crippen LogP contribution in [0.2, 0.25) is 0 Å². The summed E-state index contributed by atoms with van der Waals surface area (Å²) in [4.78, 5) is 16.8. The molecule has 5 aliphatic heterocycles. The molecule has 17 atom stereocenters. The van der Waals surface area contributed by atoms with E-state index in [0.717, 1.165) is 23.3 Å². The Labute approximate surface area is 346 Å². The summed E-state index contributed by atoms with van der Waals surface area (Å²) in [5.74, 6) is -1.44. The van der Waals surface area contributed by atoms with E-state index in [1.54, 1.807) is 21.0 Å². The molecule has 5 heterocycles. The van der Waals surface area contributed by atoms with Gasteiger partial charge < -0.3 is 57.6 Å². The van der Waals surface area contributed by atoms with Crippen molar-refractivity contribution in [2.75, 3.05) is 20.7 Å². The largest absolute Gasteiger partial charge is 0.494 e. The lowest BCUT2D eigenvalue weighted by molar-refractivity contribution is -0.317. The second-order valence-corrected chi connectivity index (χ2v) is 18.4. The maximum absolute atomic E-state index is 14.7. The summed E-state index contributed by atoms with van der Waals surface area (Å²) >= 11 is 0. The summed E-state index contributed by atoms with van der Waals surface area (Å²) < 4.78 is 60.1. The summed E-state index contributed by atoms with van der Waals surface area (Å²) in [5, 5.41) is 23.0. The number of methoxy groups -OCH3 is 1. The zero-order valence-corrected chi connectivity index (χ0v) is 37.0. The highest BCUT2D eigenvalue weighted by Crippen LogP contribution is 2.49. The van der Waals surface area contributed by atoms with Gasteiger partial charge in [-0.2, -0.15) is 0 Å². The van der Waals surface area contributed by atoms with Crippen molar-refractivity contribution >= 4 is 18.6 Å². The first-order valence-electron chi connectivity index (χ1n) is 21.5. The van der Waals surface area contributed by atoms with Gasteiger partial charge in [-0.1, -0.05) is 58.0 Å². The highest BCUT2D eigenvalue weighted by molar-refractivity contribution is 6.62. The van der Waals surface area contributed by atoms with Gasteiger partial charge in [-0.3, -0.25) is 4.79 Å². The molecule has 4 saturated heterocycles. The molecule has 2 N–H and O–H groups in total. The number of likely N-dealkylation sites (N-methyl/N-ethyl adjacent to an activating group) is 1. The highest BCUT2D eigenvalue weighted by Gasteiger charge is 2.60. The molecular weight excluding hydrogens is 745 g/mol. The normalized spacial score (nSPS) is 45.2. The molecular formula is C44H70BNO12. The average Bonchev–Trinajstić information content (AvgIpc) is 3.72. The van der Waals surface area contributed by atoms with Gasteiger partial charge in [0.2, 0.25) is 0 Å². The van der Waals surface area contributed by atoms with Crippen LogP contribution in [-0.4, -0.2) is 133 Å². The van der Waals surface area contributed by atoms with Crippen molar-refractivity contribution in [2.24, 2.45) is 17.8 Å².